The Labute approximate surface area is 177 Å². The number of ketones is 1. The lowest BCUT2D eigenvalue weighted by atomic mass is 9.95. The predicted octanol–water partition coefficient (Wildman–Crippen LogP) is 5.10. The summed E-state index contributed by atoms with van der Waals surface area (Å²) in [5.41, 5.74) is 1.69. The molecule has 1 aliphatic heterocycles. The summed E-state index contributed by atoms with van der Waals surface area (Å²) in [5.74, 6) is -2.23. The van der Waals surface area contributed by atoms with Crippen LogP contribution in [0.1, 0.15) is 22.7 Å². The smallest absolute Gasteiger partial charge is 0.295 e. The molecule has 0 bridgehead atoms. The summed E-state index contributed by atoms with van der Waals surface area (Å²) < 4.78 is 13.5. The van der Waals surface area contributed by atoms with E-state index < -0.39 is 23.5 Å². The molecule has 0 aliphatic carbocycles. The highest BCUT2D eigenvalue weighted by Gasteiger charge is 2.46. The van der Waals surface area contributed by atoms with Crippen LogP contribution in [0.15, 0.2) is 84.4 Å². The molecule has 1 aliphatic rings. The highest BCUT2D eigenvalue weighted by molar-refractivity contribution is 6.46. The van der Waals surface area contributed by atoms with Gasteiger partial charge in [-0.15, -0.1) is 0 Å². The summed E-state index contributed by atoms with van der Waals surface area (Å²) in [7, 11) is 0. The van der Waals surface area contributed by atoms with Crippen LogP contribution in [0.4, 0.5) is 4.39 Å². The van der Waals surface area contributed by atoms with Crippen LogP contribution < -0.4 is 0 Å². The van der Waals surface area contributed by atoms with Crippen LogP contribution in [0.2, 0.25) is 5.02 Å². The van der Waals surface area contributed by atoms with Crippen molar-refractivity contribution in [2.24, 2.45) is 0 Å². The van der Waals surface area contributed by atoms with Gasteiger partial charge in [-0.25, -0.2) is 4.39 Å². The molecule has 30 heavy (non-hydrogen) atoms. The van der Waals surface area contributed by atoms with E-state index in [2.05, 4.69) is 0 Å². The van der Waals surface area contributed by atoms with E-state index in [0.29, 0.717) is 16.1 Å². The maximum Gasteiger partial charge on any atom is 0.295 e. The Morgan fingerprint density at radius 2 is 1.57 bits per heavy atom. The molecule has 0 saturated carbocycles. The van der Waals surface area contributed by atoms with Crippen molar-refractivity contribution < 1.29 is 19.1 Å². The number of benzene rings is 3. The Hall–Kier alpha value is -3.44. The standard InChI is InChI=1S/C24H17ClFNO3/c25-18-10-6-17(7-11-18)22(28)20-21(16-8-12-19(26)13-9-16)27(24(30)23(20)29)14-15-4-2-1-3-5-15/h1-13,21,28H,14H2/b22-20+. The number of Topliss-reactive ketones (excluding diaryl/α,β-unsaturated/α-hetero) is 1. The Balaban J connectivity index is 1.85. The molecule has 1 atom stereocenters. The second-order valence-corrected chi connectivity index (χ2v) is 7.41. The zero-order chi connectivity index (χ0) is 21.3. The molecule has 150 valence electrons. The summed E-state index contributed by atoms with van der Waals surface area (Å²) in [5, 5.41) is 11.4. The van der Waals surface area contributed by atoms with E-state index in [-0.39, 0.29) is 17.9 Å². The minimum atomic E-state index is -0.846. The molecule has 1 amide bonds. The van der Waals surface area contributed by atoms with Gasteiger partial charge in [-0.2, -0.15) is 0 Å². The molecule has 1 saturated heterocycles. The van der Waals surface area contributed by atoms with Crippen molar-refractivity contribution in [3.8, 4) is 0 Å². The third-order valence-corrected chi connectivity index (χ3v) is 5.29. The number of aliphatic hydroxyl groups excluding tert-OH is 1. The molecule has 0 spiro atoms. The van der Waals surface area contributed by atoms with Crippen molar-refractivity contribution in [1.29, 1.82) is 0 Å². The molecule has 0 aromatic heterocycles. The number of aliphatic hydroxyl groups is 1. The molecule has 0 radical (unpaired) electrons. The first kappa shape index (κ1) is 19.9. The van der Waals surface area contributed by atoms with Crippen molar-refractivity contribution in [3.63, 3.8) is 0 Å². The number of halogens is 2. The first-order valence-corrected chi connectivity index (χ1v) is 9.67. The fourth-order valence-corrected chi connectivity index (χ4v) is 3.70. The van der Waals surface area contributed by atoms with E-state index in [1.807, 2.05) is 30.3 Å². The van der Waals surface area contributed by atoms with E-state index in [9.17, 15) is 19.1 Å². The van der Waals surface area contributed by atoms with Gasteiger partial charge in [0.2, 0.25) is 0 Å². The minimum absolute atomic E-state index is 0.0372. The average molecular weight is 422 g/mol. The van der Waals surface area contributed by atoms with Gasteiger partial charge in [0.05, 0.1) is 11.6 Å². The molecule has 3 aromatic rings. The lowest BCUT2D eigenvalue weighted by Gasteiger charge is -2.25. The average Bonchev–Trinajstić information content (AvgIpc) is 3.00. The highest BCUT2D eigenvalue weighted by Crippen LogP contribution is 2.40. The molecular weight excluding hydrogens is 405 g/mol. The van der Waals surface area contributed by atoms with E-state index in [4.69, 9.17) is 11.6 Å². The second-order valence-electron chi connectivity index (χ2n) is 6.97. The summed E-state index contributed by atoms with van der Waals surface area (Å²) in [6.07, 6.45) is 0. The third kappa shape index (κ3) is 3.72. The number of carbonyl (C=O) groups excluding carboxylic acids is 2. The normalized spacial score (nSPS) is 18.1. The first-order chi connectivity index (χ1) is 14.5. The SMILES string of the molecule is O=C1C(=O)N(Cc2ccccc2)C(c2ccc(F)cc2)/C1=C(\O)c1ccc(Cl)cc1. The molecule has 1 N–H and O–H groups in total. The number of hydrogen-bond donors (Lipinski definition) is 1. The van der Waals surface area contributed by atoms with Crippen LogP contribution in [0, 0.1) is 5.82 Å². The molecule has 4 rings (SSSR count). The zero-order valence-corrected chi connectivity index (χ0v) is 16.5. The van der Waals surface area contributed by atoms with E-state index in [0.717, 1.165) is 5.56 Å². The van der Waals surface area contributed by atoms with Gasteiger partial charge in [-0.1, -0.05) is 54.1 Å². The largest absolute Gasteiger partial charge is 0.507 e. The fourth-order valence-electron chi connectivity index (χ4n) is 3.58. The van der Waals surface area contributed by atoms with Crippen molar-refractivity contribution in [2.75, 3.05) is 0 Å². The topological polar surface area (TPSA) is 57.6 Å². The Morgan fingerprint density at radius 1 is 0.933 bits per heavy atom. The number of hydrogen-bond acceptors (Lipinski definition) is 3. The van der Waals surface area contributed by atoms with Gasteiger partial charge >= 0.3 is 0 Å². The Kier molecular flexibility index (Phi) is 5.38. The summed E-state index contributed by atoms with van der Waals surface area (Å²) >= 11 is 5.92. The molecule has 1 unspecified atom stereocenters. The Morgan fingerprint density at radius 3 is 2.20 bits per heavy atom. The van der Waals surface area contributed by atoms with E-state index >= 15 is 0 Å². The van der Waals surface area contributed by atoms with Crippen molar-refractivity contribution in [1.82, 2.24) is 4.90 Å². The predicted molar refractivity (Wildman–Crippen MR) is 112 cm³/mol. The number of rotatable bonds is 4. The maximum atomic E-state index is 13.5. The maximum absolute atomic E-state index is 13.5. The van der Waals surface area contributed by atoms with E-state index in [1.54, 1.807) is 24.3 Å². The molecule has 3 aromatic carbocycles. The van der Waals surface area contributed by atoms with Crippen molar-refractivity contribution >= 4 is 29.1 Å². The number of amides is 1. The van der Waals surface area contributed by atoms with Gasteiger partial charge in [0, 0.05) is 17.1 Å². The number of carbonyl (C=O) groups is 2. The zero-order valence-electron chi connectivity index (χ0n) is 15.8. The van der Waals surface area contributed by atoms with Gasteiger partial charge in [0.1, 0.15) is 11.6 Å². The molecule has 1 heterocycles. The lowest BCUT2D eigenvalue weighted by Crippen LogP contribution is -2.29. The van der Waals surface area contributed by atoms with Gasteiger partial charge in [-0.3, -0.25) is 9.59 Å². The van der Waals surface area contributed by atoms with Gasteiger partial charge in [0.15, 0.2) is 0 Å². The molecular formula is C24H17ClFNO3. The van der Waals surface area contributed by atoms with Crippen LogP contribution >= 0.6 is 11.6 Å². The number of nitrogens with zero attached hydrogens (tertiary/aromatic N) is 1. The molecule has 4 nitrogen and oxygen atoms in total. The first-order valence-electron chi connectivity index (χ1n) is 9.29. The van der Waals surface area contributed by atoms with E-state index in [1.165, 1.54) is 29.2 Å². The van der Waals surface area contributed by atoms with Crippen molar-refractivity contribution in [2.45, 2.75) is 12.6 Å². The van der Waals surface area contributed by atoms with Crippen LogP contribution in [-0.4, -0.2) is 21.7 Å². The van der Waals surface area contributed by atoms with Crippen LogP contribution in [0.25, 0.3) is 5.76 Å². The van der Waals surface area contributed by atoms with Gasteiger partial charge in [-0.05, 0) is 47.5 Å². The Bertz CT molecular complexity index is 1130. The summed E-state index contributed by atoms with van der Waals surface area (Å²) in [6.45, 7) is 0.171. The van der Waals surface area contributed by atoms with Crippen LogP contribution in [0.3, 0.4) is 0 Å². The monoisotopic (exact) mass is 421 g/mol. The minimum Gasteiger partial charge on any atom is -0.507 e. The fraction of sp³-hybridized carbons (Fsp3) is 0.0833. The van der Waals surface area contributed by atoms with Crippen LogP contribution in [0.5, 0.6) is 0 Å². The quantitative estimate of drug-likeness (QED) is 0.362. The second kappa shape index (κ2) is 8.13. The van der Waals surface area contributed by atoms with Gasteiger partial charge in [0.25, 0.3) is 11.7 Å². The van der Waals surface area contributed by atoms with Gasteiger partial charge < -0.3 is 10.0 Å². The van der Waals surface area contributed by atoms with Crippen LogP contribution in [-0.2, 0) is 16.1 Å². The molecule has 1 fully saturated rings. The lowest BCUT2D eigenvalue weighted by molar-refractivity contribution is -0.140. The highest BCUT2D eigenvalue weighted by atomic mass is 35.5. The third-order valence-electron chi connectivity index (χ3n) is 5.04. The summed E-state index contributed by atoms with van der Waals surface area (Å²) in [4.78, 5) is 27.2. The van der Waals surface area contributed by atoms with Crippen molar-refractivity contribution in [3.05, 3.63) is 112 Å². The number of likely N-dealkylation sites (tertiary alicyclic amines) is 1. The summed E-state index contributed by atoms with van der Waals surface area (Å²) in [6, 6.07) is 20.3. The molecule has 6 heteroatoms.